The molecule has 0 saturated carbocycles. The Kier molecular flexibility index (Phi) is 5.19. The monoisotopic (exact) mass is 342 g/mol. The number of hydrogen-bond acceptors (Lipinski definition) is 2. The maximum atomic E-state index is 11.0. The van der Waals surface area contributed by atoms with E-state index in [1.54, 1.807) is 12.1 Å². The van der Waals surface area contributed by atoms with E-state index in [1.165, 1.54) is 6.07 Å². The van der Waals surface area contributed by atoms with Gasteiger partial charge in [0, 0.05) is 34.8 Å². The Balaban J connectivity index is 2.58. The summed E-state index contributed by atoms with van der Waals surface area (Å²) < 4.78 is 0. The van der Waals surface area contributed by atoms with Gasteiger partial charge in [-0.3, -0.25) is 10.1 Å². The lowest BCUT2D eigenvalue weighted by Crippen LogP contribution is -2.43. The number of H-pyrrole nitrogens is 1. The molecule has 2 rings (SSSR count). The molecule has 0 amide bonds. The molecule has 0 aliphatic heterocycles. The van der Waals surface area contributed by atoms with E-state index in [9.17, 15) is 10.1 Å². The van der Waals surface area contributed by atoms with Crippen LogP contribution in [0.2, 0.25) is 16.6 Å². The summed E-state index contributed by atoms with van der Waals surface area (Å²) in [6, 6.07) is 4.88. The quantitative estimate of drug-likeness (QED) is 0.338. The minimum Gasteiger partial charge on any atom is -0.360 e. The Morgan fingerprint density at radius 2 is 1.67 bits per heavy atom. The van der Waals surface area contributed by atoms with Gasteiger partial charge in [-0.1, -0.05) is 47.5 Å². The summed E-state index contributed by atoms with van der Waals surface area (Å²) in [6.07, 6.45) is 1.86. The average Bonchev–Trinajstić information content (AvgIpc) is 2.89. The maximum Gasteiger partial charge on any atom is 0.270 e. The summed E-state index contributed by atoms with van der Waals surface area (Å²) in [5.74, 6) is 3.38. The highest BCUT2D eigenvalue weighted by Gasteiger charge is 2.41. The van der Waals surface area contributed by atoms with Gasteiger partial charge in [0.15, 0.2) is 0 Å². The van der Waals surface area contributed by atoms with Gasteiger partial charge in [-0.05, 0) is 22.7 Å². The molecule has 0 spiro atoms. The SMILES string of the molecule is CC(C)[Si](C#Cc1c[nH]c2ccc([N+](=O)[O-])cc12)(C(C)C)C(C)C. The van der Waals surface area contributed by atoms with Gasteiger partial charge in [0.25, 0.3) is 5.69 Å². The summed E-state index contributed by atoms with van der Waals surface area (Å²) in [5, 5.41) is 11.9. The molecular formula is C19H26N2O2Si. The number of rotatable bonds is 4. The lowest BCUT2D eigenvalue weighted by molar-refractivity contribution is -0.384. The molecule has 1 aromatic carbocycles. The van der Waals surface area contributed by atoms with E-state index in [1.807, 2.05) is 6.20 Å². The summed E-state index contributed by atoms with van der Waals surface area (Å²) in [5.41, 5.74) is 7.19. The lowest BCUT2D eigenvalue weighted by atomic mass is 10.1. The number of aromatic amines is 1. The molecule has 1 N–H and O–H groups in total. The molecule has 0 unspecified atom stereocenters. The van der Waals surface area contributed by atoms with Gasteiger partial charge in [-0.25, -0.2) is 0 Å². The first kappa shape index (κ1) is 18.3. The van der Waals surface area contributed by atoms with Crippen LogP contribution in [0, 0.1) is 21.6 Å². The second-order valence-electron chi connectivity index (χ2n) is 7.34. The van der Waals surface area contributed by atoms with Gasteiger partial charge < -0.3 is 4.98 Å². The maximum absolute atomic E-state index is 11.0. The zero-order valence-electron chi connectivity index (χ0n) is 15.3. The van der Waals surface area contributed by atoms with Crippen LogP contribution in [0.25, 0.3) is 10.9 Å². The van der Waals surface area contributed by atoms with Crippen LogP contribution in [-0.4, -0.2) is 18.0 Å². The van der Waals surface area contributed by atoms with Gasteiger partial charge in [0.1, 0.15) is 8.07 Å². The number of nitrogens with one attached hydrogen (secondary N) is 1. The smallest absolute Gasteiger partial charge is 0.270 e. The molecule has 0 fully saturated rings. The number of aromatic nitrogens is 1. The van der Waals surface area contributed by atoms with E-state index in [4.69, 9.17) is 0 Å². The standard InChI is InChI=1S/C19H26N2O2Si/c1-13(2)24(14(3)4,15(5)6)10-9-16-12-20-19-8-7-17(21(22)23)11-18(16)19/h7-8,11-15,20H,1-6H3. The van der Waals surface area contributed by atoms with Crippen molar-refractivity contribution in [3.8, 4) is 11.5 Å². The van der Waals surface area contributed by atoms with Crippen LogP contribution < -0.4 is 0 Å². The van der Waals surface area contributed by atoms with Gasteiger partial charge in [-0.2, -0.15) is 0 Å². The van der Waals surface area contributed by atoms with Crippen molar-refractivity contribution in [2.24, 2.45) is 0 Å². The third-order valence-electron chi connectivity index (χ3n) is 5.16. The highest BCUT2D eigenvalue weighted by atomic mass is 28.3. The summed E-state index contributed by atoms with van der Waals surface area (Å²) in [7, 11) is -1.82. The molecule has 0 atom stereocenters. The minimum absolute atomic E-state index is 0.102. The predicted octanol–water partition coefficient (Wildman–Crippen LogP) is 5.65. The Bertz CT molecular complexity index is 788. The van der Waals surface area contributed by atoms with Crippen LogP contribution in [0.15, 0.2) is 24.4 Å². The van der Waals surface area contributed by atoms with Gasteiger partial charge in [0.05, 0.1) is 4.92 Å². The van der Waals surface area contributed by atoms with Crippen molar-refractivity contribution in [3.05, 3.63) is 40.1 Å². The number of fused-ring (bicyclic) bond motifs is 1. The molecule has 4 nitrogen and oxygen atoms in total. The molecule has 0 aliphatic rings. The zero-order chi connectivity index (χ0) is 18.1. The fourth-order valence-electron chi connectivity index (χ4n) is 3.93. The Morgan fingerprint density at radius 1 is 1.08 bits per heavy atom. The molecule has 0 aliphatic carbocycles. The molecule has 1 heterocycles. The van der Waals surface area contributed by atoms with Gasteiger partial charge in [0.2, 0.25) is 0 Å². The minimum atomic E-state index is -1.82. The molecule has 0 radical (unpaired) electrons. The number of nitrogens with zero attached hydrogens (tertiary/aromatic N) is 1. The third-order valence-corrected chi connectivity index (χ3v) is 11.4. The first-order valence-corrected chi connectivity index (χ1v) is 10.7. The van der Waals surface area contributed by atoms with Crippen molar-refractivity contribution in [2.45, 2.75) is 58.2 Å². The van der Waals surface area contributed by atoms with Crippen molar-refractivity contribution in [2.75, 3.05) is 0 Å². The molecule has 24 heavy (non-hydrogen) atoms. The third kappa shape index (κ3) is 3.11. The van der Waals surface area contributed by atoms with Crippen LogP contribution in [0.1, 0.15) is 47.1 Å². The lowest BCUT2D eigenvalue weighted by Gasteiger charge is -2.38. The van der Waals surface area contributed by atoms with Crippen LogP contribution in [0.3, 0.4) is 0 Å². The average molecular weight is 343 g/mol. The molecule has 5 heteroatoms. The summed E-state index contributed by atoms with van der Waals surface area (Å²) in [6.45, 7) is 13.7. The fraction of sp³-hybridized carbons (Fsp3) is 0.474. The normalized spacial score (nSPS) is 12.0. The number of benzene rings is 1. The molecule has 128 valence electrons. The topological polar surface area (TPSA) is 58.9 Å². The Hall–Kier alpha value is -2.06. The van der Waals surface area contributed by atoms with Crippen molar-refractivity contribution in [3.63, 3.8) is 0 Å². The van der Waals surface area contributed by atoms with Crippen LogP contribution >= 0.6 is 0 Å². The number of nitro groups is 1. The fourth-order valence-corrected chi connectivity index (χ4v) is 9.15. The van der Waals surface area contributed by atoms with Crippen LogP contribution in [0.4, 0.5) is 5.69 Å². The van der Waals surface area contributed by atoms with Crippen LogP contribution in [0.5, 0.6) is 0 Å². The highest BCUT2D eigenvalue weighted by Crippen LogP contribution is 2.40. The molecule has 0 saturated heterocycles. The van der Waals surface area contributed by atoms with E-state index in [0.29, 0.717) is 16.6 Å². The number of hydrogen-bond donors (Lipinski definition) is 1. The number of nitro benzene ring substituents is 1. The molecule has 1 aromatic heterocycles. The van der Waals surface area contributed by atoms with E-state index in [-0.39, 0.29) is 10.6 Å². The van der Waals surface area contributed by atoms with E-state index >= 15 is 0 Å². The van der Waals surface area contributed by atoms with Gasteiger partial charge >= 0.3 is 0 Å². The first-order chi connectivity index (χ1) is 11.2. The van der Waals surface area contributed by atoms with Crippen LogP contribution in [-0.2, 0) is 0 Å². The summed E-state index contributed by atoms with van der Waals surface area (Å²) in [4.78, 5) is 13.8. The van der Waals surface area contributed by atoms with E-state index in [0.717, 1.165) is 16.5 Å². The van der Waals surface area contributed by atoms with Crippen molar-refractivity contribution >= 4 is 24.7 Å². The second-order valence-corrected chi connectivity index (χ2v) is 12.9. The Morgan fingerprint density at radius 3 is 2.17 bits per heavy atom. The Labute approximate surface area is 144 Å². The van der Waals surface area contributed by atoms with Crippen molar-refractivity contribution in [1.29, 1.82) is 0 Å². The molecular weight excluding hydrogens is 316 g/mol. The van der Waals surface area contributed by atoms with Crippen molar-refractivity contribution < 1.29 is 4.92 Å². The van der Waals surface area contributed by atoms with E-state index in [2.05, 4.69) is 58.0 Å². The predicted molar refractivity (Wildman–Crippen MR) is 103 cm³/mol. The summed E-state index contributed by atoms with van der Waals surface area (Å²) >= 11 is 0. The van der Waals surface area contributed by atoms with Gasteiger partial charge in [-0.15, -0.1) is 5.54 Å². The largest absolute Gasteiger partial charge is 0.360 e. The molecule has 0 bridgehead atoms. The highest BCUT2D eigenvalue weighted by molar-refractivity contribution is 6.90. The molecule has 2 aromatic rings. The van der Waals surface area contributed by atoms with E-state index < -0.39 is 8.07 Å². The second kappa shape index (κ2) is 6.82. The number of non-ortho nitro benzene ring substituents is 1. The van der Waals surface area contributed by atoms with Crippen molar-refractivity contribution in [1.82, 2.24) is 4.98 Å². The zero-order valence-corrected chi connectivity index (χ0v) is 16.3. The first-order valence-electron chi connectivity index (χ1n) is 8.48.